The number of benzene rings is 1. The monoisotopic (exact) mass is 349 g/mol. The minimum absolute atomic E-state index is 0.150. The summed E-state index contributed by atoms with van der Waals surface area (Å²) in [5, 5.41) is 11.9. The topological polar surface area (TPSA) is 84.9 Å². The normalized spacial score (nSPS) is 14.6. The number of ether oxygens (including phenoxy) is 2. The molecule has 2 rings (SSSR count). The zero-order valence-corrected chi connectivity index (χ0v) is 15.3. The summed E-state index contributed by atoms with van der Waals surface area (Å²) in [4.78, 5) is 23.5. The molecule has 6 heteroatoms. The van der Waals surface area contributed by atoms with Crippen LogP contribution in [0.1, 0.15) is 50.8 Å². The Morgan fingerprint density at radius 3 is 2.44 bits per heavy atom. The standard InChI is InChI=1S/C19H27NO5/c1-5-24-16-11-13-8-6-7-12(13)9-14(16)10-15(17(21)22)20-18(23)25-19(2,3)4/h9,11,15H,5-8,10H2,1-4H3,(H,20,23)(H,21,22). The Balaban J connectivity index is 2.18. The van der Waals surface area contributed by atoms with Gasteiger partial charge in [0.1, 0.15) is 17.4 Å². The SMILES string of the molecule is CCOc1cc2c(cc1CC(NC(=O)OC(C)(C)C)C(=O)O)CCC2. The van der Waals surface area contributed by atoms with E-state index in [-0.39, 0.29) is 6.42 Å². The lowest BCUT2D eigenvalue weighted by Gasteiger charge is -2.22. The fraction of sp³-hybridized carbons (Fsp3) is 0.579. The number of hydrogen-bond donors (Lipinski definition) is 2. The van der Waals surface area contributed by atoms with Crippen molar-refractivity contribution < 1.29 is 24.2 Å². The smallest absolute Gasteiger partial charge is 0.408 e. The number of amides is 1. The molecular weight excluding hydrogens is 322 g/mol. The van der Waals surface area contributed by atoms with E-state index < -0.39 is 23.7 Å². The third-order valence-corrected chi connectivity index (χ3v) is 3.99. The maximum atomic E-state index is 11.9. The molecule has 6 nitrogen and oxygen atoms in total. The number of aryl methyl sites for hydroxylation is 2. The lowest BCUT2D eigenvalue weighted by atomic mass is 9.99. The predicted octanol–water partition coefficient (Wildman–Crippen LogP) is 3.09. The van der Waals surface area contributed by atoms with Gasteiger partial charge in [-0.1, -0.05) is 6.07 Å². The molecule has 1 unspecified atom stereocenters. The molecule has 0 aliphatic heterocycles. The van der Waals surface area contributed by atoms with E-state index in [2.05, 4.69) is 5.32 Å². The van der Waals surface area contributed by atoms with Crippen molar-refractivity contribution in [1.29, 1.82) is 0 Å². The second-order valence-electron chi connectivity index (χ2n) is 7.26. The Morgan fingerprint density at radius 2 is 1.88 bits per heavy atom. The van der Waals surface area contributed by atoms with E-state index >= 15 is 0 Å². The van der Waals surface area contributed by atoms with Crippen LogP contribution in [0, 0.1) is 0 Å². The molecule has 1 atom stereocenters. The summed E-state index contributed by atoms with van der Waals surface area (Å²) in [6.07, 6.45) is 2.53. The summed E-state index contributed by atoms with van der Waals surface area (Å²) in [6.45, 7) is 7.59. The van der Waals surface area contributed by atoms with E-state index in [0.717, 1.165) is 24.8 Å². The summed E-state index contributed by atoms with van der Waals surface area (Å²) >= 11 is 0. The molecule has 2 N–H and O–H groups in total. The Labute approximate surface area is 148 Å². The molecule has 0 fully saturated rings. The van der Waals surface area contributed by atoms with Crippen LogP contribution >= 0.6 is 0 Å². The first kappa shape index (κ1) is 19.1. The summed E-state index contributed by atoms with van der Waals surface area (Å²) in [6, 6.07) is 2.95. The third-order valence-electron chi connectivity index (χ3n) is 3.99. The number of alkyl carbamates (subject to hydrolysis) is 1. The van der Waals surface area contributed by atoms with Gasteiger partial charge in [0.05, 0.1) is 6.61 Å². The number of carboxylic acid groups (broad SMARTS) is 1. The molecule has 0 spiro atoms. The van der Waals surface area contributed by atoms with Gasteiger partial charge in [0.2, 0.25) is 0 Å². The quantitative estimate of drug-likeness (QED) is 0.824. The number of fused-ring (bicyclic) bond motifs is 1. The Kier molecular flexibility index (Phi) is 5.93. The van der Waals surface area contributed by atoms with Gasteiger partial charge < -0.3 is 19.9 Å². The van der Waals surface area contributed by atoms with Gasteiger partial charge in [0.15, 0.2) is 0 Å². The third kappa shape index (κ3) is 5.37. The molecule has 0 saturated heterocycles. The number of carbonyl (C=O) groups excluding carboxylic acids is 1. The molecule has 1 aliphatic carbocycles. The van der Waals surface area contributed by atoms with E-state index in [4.69, 9.17) is 9.47 Å². The van der Waals surface area contributed by atoms with Crippen LogP contribution in [0.3, 0.4) is 0 Å². The Hall–Kier alpha value is -2.24. The van der Waals surface area contributed by atoms with Crippen molar-refractivity contribution in [2.45, 2.75) is 65.0 Å². The summed E-state index contributed by atoms with van der Waals surface area (Å²) in [5.74, 6) is -0.408. The molecule has 25 heavy (non-hydrogen) atoms. The molecule has 138 valence electrons. The van der Waals surface area contributed by atoms with Gasteiger partial charge in [-0.2, -0.15) is 0 Å². The van der Waals surface area contributed by atoms with E-state index in [1.54, 1.807) is 20.8 Å². The van der Waals surface area contributed by atoms with Crippen molar-refractivity contribution >= 4 is 12.1 Å². The van der Waals surface area contributed by atoms with Gasteiger partial charge in [0.25, 0.3) is 0 Å². The van der Waals surface area contributed by atoms with Crippen LogP contribution in [-0.4, -0.2) is 35.4 Å². The maximum absolute atomic E-state index is 11.9. The van der Waals surface area contributed by atoms with E-state index in [0.29, 0.717) is 12.4 Å². The molecular formula is C19H27NO5. The molecule has 1 aliphatic rings. The van der Waals surface area contributed by atoms with E-state index in [9.17, 15) is 14.7 Å². The number of rotatable bonds is 6. The number of carbonyl (C=O) groups is 2. The maximum Gasteiger partial charge on any atom is 0.408 e. The van der Waals surface area contributed by atoms with Crippen molar-refractivity contribution in [3.8, 4) is 5.75 Å². The van der Waals surface area contributed by atoms with Crippen LogP contribution in [0.5, 0.6) is 5.75 Å². The highest BCUT2D eigenvalue weighted by atomic mass is 16.6. The predicted molar refractivity (Wildman–Crippen MR) is 94.1 cm³/mol. The first-order valence-corrected chi connectivity index (χ1v) is 8.69. The minimum atomic E-state index is -1.10. The zero-order valence-electron chi connectivity index (χ0n) is 15.3. The molecule has 0 heterocycles. The van der Waals surface area contributed by atoms with Crippen molar-refractivity contribution in [2.75, 3.05) is 6.61 Å². The minimum Gasteiger partial charge on any atom is -0.494 e. The fourth-order valence-corrected chi connectivity index (χ4v) is 2.97. The van der Waals surface area contributed by atoms with Crippen molar-refractivity contribution in [3.05, 3.63) is 28.8 Å². The van der Waals surface area contributed by atoms with Crippen LogP contribution in [0.15, 0.2) is 12.1 Å². The molecule has 0 aromatic heterocycles. The molecule has 0 saturated carbocycles. The highest BCUT2D eigenvalue weighted by Crippen LogP contribution is 2.31. The first-order valence-electron chi connectivity index (χ1n) is 8.69. The van der Waals surface area contributed by atoms with Crippen LogP contribution < -0.4 is 10.1 Å². The van der Waals surface area contributed by atoms with E-state index in [1.165, 1.54) is 11.1 Å². The van der Waals surface area contributed by atoms with Crippen LogP contribution in [0.4, 0.5) is 4.79 Å². The lowest BCUT2D eigenvalue weighted by Crippen LogP contribution is -2.44. The van der Waals surface area contributed by atoms with Gasteiger partial charge in [-0.05, 0) is 69.7 Å². The van der Waals surface area contributed by atoms with Gasteiger partial charge in [-0.25, -0.2) is 9.59 Å². The van der Waals surface area contributed by atoms with Gasteiger partial charge in [0, 0.05) is 6.42 Å². The molecule has 1 amide bonds. The van der Waals surface area contributed by atoms with Crippen molar-refractivity contribution in [1.82, 2.24) is 5.32 Å². The highest BCUT2D eigenvalue weighted by molar-refractivity contribution is 5.80. The van der Waals surface area contributed by atoms with E-state index in [1.807, 2.05) is 19.1 Å². The average Bonchev–Trinajstić information content (AvgIpc) is 2.92. The molecule has 0 bridgehead atoms. The number of hydrogen-bond acceptors (Lipinski definition) is 4. The van der Waals surface area contributed by atoms with Crippen molar-refractivity contribution in [2.24, 2.45) is 0 Å². The van der Waals surface area contributed by atoms with Crippen LogP contribution in [-0.2, 0) is 28.8 Å². The second kappa shape index (κ2) is 7.76. The molecule has 1 aromatic rings. The fourth-order valence-electron chi connectivity index (χ4n) is 2.97. The summed E-state index contributed by atoms with van der Waals surface area (Å²) < 4.78 is 10.9. The molecule has 0 radical (unpaired) electrons. The highest BCUT2D eigenvalue weighted by Gasteiger charge is 2.26. The Morgan fingerprint density at radius 1 is 1.24 bits per heavy atom. The Bertz CT molecular complexity index is 648. The first-order chi connectivity index (χ1) is 11.7. The molecule has 1 aromatic carbocycles. The number of nitrogens with one attached hydrogen (secondary N) is 1. The number of carboxylic acids is 1. The average molecular weight is 349 g/mol. The van der Waals surface area contributed by atoms with Gasteiger partial charge in [-0.15, -0.1) is 0 Å². The summed E-state index contributed by atoms with van der Waals surface area (Å²) in [5.41, 5.74) is 2.61. The lowest BCUT2D eigenvalue weighted by molar-refractivity contribution is -0.139. The second-order valence-corrected chi connectivity index (χ2v) is 7.26. The zero-order chi connectivity index (χ0) is 18.6. The number of aliphatic carboxylic acids is 1. The van der Waals surface area contributed by atoms with Gasteiger partial charge in [-0.3, -0.25) is 0 Å². The van der Waals surface area contributed by atoms with Crippen LogP contribution in [0.25, 0.3) is 0 Å². The van der Waals surface area contributed by atoms with Gasteiger partial charge >= 0.3 is 12.1 Å². The summed E-state index contributed by atoms with van der Waals surface area (Å²) in [7, 11) is 0. The van der Waals surface area contributed by atoms with Crippen LogP contribution in [0.2, 0.25) is 0 Å². The van der Waals surface area contributed by atoms with Crippen molar-refractivity contribution in [3.63, 3.8) is 0 Å². The largest absolute Gasteiger partial charge is 0.494 e.